The van der Waals surface area contributed by atoms with Gasteiger partial charge in [0.05, 0.1) is 29.5 Å². The molecule has 1 aromatic heterocycles. The fraction of sp³-hybridized carbons (Fsp3) is 0.250. The second-order valence-electron chi connectivity index (χ2n) is 6.18. The highest BCUT2D eigenvalue weighted by molar-refractivity contribution is 6.31. The molecule has 0 fully saturated rings. The van der Waals surface area contributed by atoms with Gasteiger partial charge >= 0.3 is 5.97 Å². The maximum atomic E-state index is 12.7. The molecule has 0 radical (unpaired) electrons. The molecule has 1 atom stereocenters. The summed E-state index contributed by atoms with van der Waals surface area (Å²) in [6, 6.07) is 9.54. The van der Waals surface area contributed by atoms with Crippen LogP contribution in [0.3, 0.4) is 0 Å². The van der Waals surface area contributed by atoms with Gasteiger partial charge in [0.2, 0.25) is 5.88 Å². The van der Waals surface area contributed by atoms with Crippen molar-refractivity contribution >= 4 is 40.1 Å². The molecule has 2 N–H and O–H groups in total. The van der Waals surface area contributed by atoms with Gasteiger partial charge in [0.15, 0.2) is 0 Å². The van der Waals surface area contributed by atoms with Crippen LogP contribution in [0.4, 0.5) is 0 Å². The van der Waals surface area contributed by atoms with Gasteiger partial charge in [-0.05, 0) is 31.5 Å². The third-order valence-corrected chi connectivity index (χ3v) is 4.92. The number of hydrogen-bond acceptors (Lipinski definition) is 6. The zero-order valence-electron chi connectivity index (χ0n) is 15.3. The van der Waals surface area contributed by atoms with Crippen LogP contribution in [0.2, 0.25) is 5.15 Å². The van der Waals surface area contributed by atoms with Crippen LogP contribution in [-0.2, 0) is 14.3 Å². The van der Waals surface area contributed by atoms with Crippen LogP contribution >= 0.6 is 23.2 Å². The average Bonchev–Trinajstić information content (AvgIpc) is 2.66. The minimum Gasteiger partial charge on any atom is -0.463 e. The van der Waals surface area contributed by atoms with Crippen LogP contribution in [0.25, 0.3) is 10.9 Å². The highest BCUT2D eigenvalue weighted by atomic mass is 35.5. The monoisotopic (exact) mass is 417 g/mol. The molecule has 0 saturated carbocycles. The molecular weight excluding hydrogens is 401 g/mol. The summed E-state index contributed by atoms with van der Waals surface area (Å²) in [6.07, 6.45) is 0. The number of halogens is 2. The molecule has 3 rings (SSSR count). The van der Waals surface area contributed by atoms with E-state index < -0.39 is 11.9 Å². The Morgan fingerprint density at radius 2 is 2.18 bits per heavy atom. The molecule has 1 unspecified atom stereocenters. The topological polar surface area (TPSA) is 98.2 Å². The number of aryl methyl sites for hydroxylation is 1. The Balaban J connectivity index is 2.28. The first-order valence-corrected chi connectivity index (χ1v) is 9.43. The van der Waals surface area contributed by atoms with E-state index in [1.165, 1.54) is 0 Å². The first kappa shape index (κ1) is 20.0. The average molecular weight is 418 g/mol. The Labute approximate surface area is 172 Å². The predicted octanol–water partition coefficient (Wildman–Crippen LogP) is 4.06. The van der Waals surface area contributed by atoms with Gasteiger partial charge in [-0.25, -0.2) is 9.78 Å². The Kier molecular flexibility index (Phi) is 5.78. The summed E-state index contributed by atoms with van der Waals surface area (Å²) in [6.45, 7) is 3.78. The lowest BCUT2D eigenvalue weighted by atomic mass is 9.83. The summed E-state index contributed by atoms with van der Waals surface area (Å²) in [5.74, 6) is -1.67. The normalized spacial score (nSPS) is 16.8. The molecule has 0 bridgehead atoms. The molecule has 1 aliphatic rings. The Morgan fingerprint density at radius 3 is 2.82 bits per heavy atom. The highest BCUT2D eigenvalue weighted by Gasteiger charge is 2.38. The SMILES string of the molecule is CCOC(=O)C1=C(CCl)OC(N)=C(C#N)C1c1cc2ccc(C)cc2nc1Cl. The second kappa shape index (κ2) is 8.09. The number of aromatic nitrogens is 1. The standard InChI is InChI=1S/C20H17Cl2N3O3/c1-3-27-20(26)17-15(8-21)28-19(24)13(9-23)16(17)12-7-11-5-4-10(2)6-14(11)25-18(12)22/h4-7,16H,3,8,24H2,1-2H3. The second-order valence-corrected chi connectivity index (χ2v) is 6.81. The number of pyridine rings is 1. The number of nitrogens with two attached hydrogens (primary N) is 1. The van der Waals surface area contributed by atoms with Crippen molar-refractivity contribution in [3.8, 4) is 6.07 Å². The molecule has 2 heterocycles. The van der Waals surface area contributed by atoms with Crippen molar-refractivity contribution in [1.82, 2.24) is 4.98 Å². The smallest absolute Gasteiger partial charge is 0.338 e. The number of alkyl halides is 1. The molecule has 8 heteroatoms. The van der Waals surface area contributed by atoms with E-state index in [4.69, 9.17) is 38.4 Å². The number of carbonyl (C=O) groups is 1. The van der Waals surface area contributed by atoms with E-state index in [1.807, 2.05) is 31.2 Å². The molecule has 0 spiro atoms. The van der Waals surface area contributed by atoms with E-state index in [-0.39, 0.29) is 40.4 Å². The number of esters is 1. The van der Waals surface area contributed by atoms with Crippen LogP contribution in [0.1, 0.15) is 24.0 Å². The van der Waals surface area contributed by atoms with E-state index in [1.54, 1.807) is 13.0 Å². The van der Waals surface area contributed by atoms with Crippen molar-refractivity contribution < 1.29 is 14.3 Å². The number of allylic oxidation sites excluding steroid dienone is 2. The highest BCUT2D eigenvalue weighted by Crippen LogP contribution is 2.42. The molecule has 6 nitrogen and oxygen atoms in total. The van der Waals surface area contributed by atoms with Crippen LogP contribution in [0.5, 0.6) is 0 Å². The molecule has 144 valence electrons. The first-order valence-electron chi connectivity index (χ1n) is 8.51. The fourth-order valence-corrected chi connectivity index (χ4v) is 3.59. The summed E-state index contributed by atoms with van der Waals surface area (Å²) in [5, 5.41) is 10.6. The van der Waals surface area contributed by atoms with Gasteiger partial charge in [0.1, 0.15) is 22.6 Å². The lowest BCUT2D eigenvalue weighted by molar-refractivity contribution is -0.139. The van der Waals surface area contributed by atoms with Crippen LogP contribution < -0.4 is 5.73 Å². The van der Waals surface area contributed by atoms with Crippen molar-refractivity contribution in [3.63, 3.8) is 0 Å². The largest absolute Gasteiger partial charge is 0.463 e. The number of benzene rings is 1. The molecular formula is C20H17Cl2N3O3. The van der Waals surface area contributed by atoms with Crippen molar-refractivity contribution in [3.05, 3.63) is 63.3 Å². The van der Waals surface area contributed by atoms with Gasteiger partial charge in [-0.1, -0.05) is 23.7 Å². The third-order valence-electron chi connectivity index (χ3n) is 4.38. The Hall–Kier alpha value is -2.75. The number of hydrogen-bond donors (Lipinski definition) is 1. The van der Waals surface area contributed by atoms with Gasteiger partial charge in [-0.3, -0.25) is 0 Å². The molecule has 1 aliphatic heterocycles. The first-order chi connectivity index (χ1) is 13.4. The van der Waals surface area contributed by atoms with E-state index in [0.29, 0.717) is 11.1 Å². The van der Waals surface area contributed by atoms with Gasteiger partial charge in [0.25, 0.3) is 0 Å². The maximum Gasteiger partial charge on any atom is 0.338 e. The van der Waals surface area contributed by atoms with E-state index in [0.717, 1.165) is 10.9 Å². The molecule has 0 amide bonds. The van der Waals surface area contributed by atoms with E-state index >= 15 is 0 Å². The predicted molar refractivity (Wildman–Crippen MR) is 107 cm³/mol. The van der Waals surface area contributed by atoms with Crippen molar-refractivity contribution in [2.24, 2.45) is 5.73 Å². The summed E-state index contributed by atoms with van der Waals surface area (Å²) in [5.41, 5.74) is 8.26. The minimum atomic E-state index is -0.891. The maximum absolute atomic E-state index is 12.7. The summed E-state index contributed by atoms with van der Waals surface area (Å²) >= 11 is 12.4. The van der Waals surface area contributed by atoms with E-state index in [2.05, 4.69) is 4.98 Å². The number of ether oxygens (including phenoxy) is 2. The lowest BCUT2D eigenvalue weighted by Crippen LogP contribution is -2.27. The Morgan fingerprint density at radius 1 is 1.43 bits per heavy atom. The van der Waals surface area contributed by atoms with Gasteiger partial charge in [-0.2, -0.15) is 5.26 Å². The molecule has 0 saturated heterocycles. The quantitative estimate of drug-likeness (QED) is 0.457. The zero-order chi connectivity index (χ0) is 20.4. The molecule has 2 aromatic rings. The zero-order valence-corrected chi connectivity index (χ0v) is 16.8. The van der Waals surface area contributed by atoms with Gasteiger partial charge < -0.3 is 15.2 Å². The van der Waals surface area contributed by atoms with Crippen LogP contribution in [-0.4, -0.2) is 23.4 Å². The molecule has 0 aliphatic carbocycles. The summed E-state index contributed by atoms with van der Waals surface area (Å²) < 4.78 is 10.6. The van der Waals surface area contributed by atoms with Crippen LogP contribution in [0.15, 0.2) is 47.1 Å². The van der Waals surface area contributed by atoms with Crippen molar-refractivity contribution in [2.75, 3.05) is 12.5 Å². The number of rotatable bonds is 4. The van der Waals surface area contributed by atoms with E-state index in [9.17, 15) is 10.1 Å². The van der Waals surface area contributed by atoms with Gasteiger partial charge in [0, 0.05) is 10.9 Å². The fourth-order valence-electron chi connectivity index (χ4n) is 3.13. The van der Waals surface area contributed by atoms with Crippen LogP contribution in [0, 0.1) is 18.3 Å². The molecule has 28 heavy (non-hydrogen) atoms. The molecule has 1 aromatic carbocycles. The number of nitrogens with zero attached hydrogens (tertiary/aromatic N) is 2. The van der Waals surface area contributed by atoms with Gasteiger partial charge in [-0.15, -0.1) is 11.6 Å². The lowest BCUT2D eigenvalue weighted by Gasteiger charge is -2.27. The number of nitriles is 1. The summed E-state index contributed by atoms with van der Waals surface area (Å²) in [4.78, 5) is 17.1. The number of carbonyl (C=O) groups excluding carboxylic acids is 1. The number of fused-ring (bicyclic) bond motifs is 1. The summed E-state index contributed by atoms with van der Waals surface area (Å²) in [7, 11) is 0. The van der Waals surface area contributed by atoms with Crippen molar-refractivity contribution in [1.29, 1.82) is 5.26 Å². The minimum absolute atomic E-state index is 0.0482. The third kappa shape index (κ3) is 3.51. The Bertz CT molecular complexity index is 1070. The van der Waals surface area contributed by atoms with Crippen molar-refractivity contribution in [2.45, 2.75) is 19.8 Å².